The molecule has 110 valence electrons. The van der Waals surface area contributed by atoms with Crippen molar-refractivity contribution in [3.8, 4) is 17.2 Å². The molecule has 1 aliphatic carbocycles. The zero-order chi connectivity index (χ0) is 16.0. The Morgan fingerprint density at radius 2 is 1.68 bits per heavy atom. The molecule has 0 unspecified atom stereocenters. The second-order valence-electron chi connectivity index (χ2n) is 5.29. The third-order valence-electron chi connectivity index (χ3n) is 3.78. The van der Waals surface area contributed by atoms with Crippen LogP contribution in [0.4, 0.5) is 0 Å². The number of benzene rings is 2. The number of hydrogen-bond donors (Lipinski definition) is 3. The average molecular weight is 294 g/mol. The minimum Gasteiger partial charge on any atom is -0.508 e. The van der Waals surface area contributed by atoms with E-state index in [-0.39, 0.29) is 28.6 Å². The van der Waals surface area contributed by atoms with Crippen LogP contribution in [0.3, 0.4) is 0 Å². The monoisotopic (exact) mass is 294 g/mol. The largest absolute Gasteiger partial charge is 0.508 e. The minimum atomic E-state index is -0.296. The highest BCUT2D eigenvalue weighted by molar-refractivity contribution is 6.25. The summed E-state index contributed by atoms with van der Waals surface area (Å²) in [5.41, 5.74) is 2.86. The molecule has 2 aromatic rings. The smallest absolute Gasteiger partial charge is 0.193 e. The molecular weight excluding hydrogens is 280 g/mol. The lowest BCUT2D eigenvalue weighted by atomic mass is 9.83. The maximum atomic E-state index is 12.5. The molecule has 0 fully saturated rings. The number of carbonyl (C=O) groups excluding carboxylic acids is 1. The van der Waals surface area contributed by atoms with E-state index in [0.717, 1.165) is 0 Å². The van der Waals surface area contributed by atoms with Crippen LogP contribution in [0.2, 0.25) is 0 Å². The predicted octanol–water partition coefficient (Wildman–Crippen LogP) is 3.40. The van der Waals surface area contributed by atoms with Crippen molar-refractivity contribution in [3.63, 3.8) is 0 Å². The Kier molecular flexibility index (Phi) is 3.03. The number of hydrogen-bond acceptors (Lipinski definition) is 4. The first kappa shape index (κ1) is 13.9. The van der Waals surface area contributed by atoms with Gasteiger partial charge in [0, 0.05) is 22.8 Å². The van der Waals surface area contributed by atoms with E-state index in [0.29, 0.717) is 27.8 Å². The van der Waals surface area contributed by atoms with Crippen LogP contribution in [0.25, 0.3) is 11.6 Å². The van der Waals surface area contributed by atoms with Crippen LogP contribution >= 0.6 is 0 Å². The summed E-state index contributed by atoms with van der Waals surface area (Å²) >= 11 is 0. The van der Waals surface area contributed by atoms with Gasteiger partial charge in [-0.25, -0.2) is 0 Å². The van der Waals surface area contributed by atoms with Gasteiger partial charge in [-0.2, -0.15) is 0 Å². The second kappa shape index (κ2) is 4.77. The zero-order valence-electron chi connectivity index (χ0n) is 11.9. The molecule has 0 amide bonds. The van der Waals surface area contributed by atoms with E-state index in [1.165, 1.54) is 24.3 Å². The Labute approximate surface area is 127 Å². The SMILES string of the molecule is C=C1C(=O)c2cc(O)c(C)cc2C=C1c1ccc(O)cc1O. The molecule has 0 radical (unpaired) electrons. The number of carbonyl (C=O) groups is 1. The fourth-order valence-electron chi connectivity index (χ4n) is 2.55. The number of aromatic hydroxyl groups is 3. The van der Waals surface area contributed by atoms with E-state index in [4.69, 9.17) is 0 Å². The van der Waals surface area contributed by atoms with Crippen LogP contribution in [0.1, 0.15) is 27.0 Å². The Morgan fingerprint density at radius 3 is 2.36 bits per heavy atom. The van der Waals surface area contributed by atoms with E-state index in [2.05, 4.69) is 6.58 Å². The Bertz CT molecular complexity index is 860. The first-order valence-electron chi connectivity index (χ1n) is 6.70. The maximum Gasteiger partial charge on any atom is 0.193 e. The van der Waals surface area contributed by atoms with Crippen LogP contribution in [-0.2, 0) is 0 Å². The zero-order valence-corrected chi connectivity index (χ0v) is 11.9. The minimum absolute atomic E-state index is 0.0595. The van der Waals surface area contributed by atoms with Crippen molar-refractivity contribution in [3.05, 3.63) is 64.7 Å². The second-order valence-corrected chi connectivity index (χ2v) is 5.29. The van der Waals surface area contributed by atoms with Crippen molar-refractivity contribution < 1.29 is 20.1 Å². The normalized spacial score (nSPS) is 13.8. The Hall–Kier alpha value is -3.01. The van der Waals surface area contributed by atoms with Gasteiger partial charge in [-0.3, -0.25) is 4.79 Å². The summed E-state index contributed by atoms with van der Waals surface area (Å²) < 4.78 is 0. The summed E-state index contributed by atoms with van der Waals surface area (Å²) in [6.07, 6.45) is 1.75. The van der Waals surface area contributed by atoms with Crippen LogP contribution in [0, 0.1) is 6.92 Å². The number of allylic oxidation sites excluding steroid dienone is 2. The standard InChI is InChI=1S/C18H14O4/c1-9-5-11-6-14(13-4-3-12(19)7-17(13)21)10(2)18(22)15(11)8-16(9)20/h3-8,19-21H,2H2,1H3. The molecule has 0 atom stereocenters. The van der Waals surface area contributed by atoms with Crippen LogP contribution in [0.15, 0.2) is 42.5 Å². The first-order chi connectivity index (χ1) is 10.4. The molecule has 0 heterocycles. The molecule has 0 aliphatic heterocycles. The van der Waals surface area contributed by atoms with Gasteiger partial charge in [-0.1, -0.05) is 6.58 Å². The van der Waals surface area contributed by atoms with Crippen molar-refractivity contribution in [1.82, 2.24) is 0 Å². The van der Waals surface area contributed by atoms with Crippen LogP contribution in [0.5, 0.6) is 17.2 Å². The Morgan fingerprint density at radius 1 is 0.955 bits per heavy atom. The molecule has 2 aromatic carbocycles. The molecule has 4 heteroatoms. The first-order valence-corrected chi connectivity index (χ1v) is 6.70. The summed E-state index contributed by atoms with van der Waals surface area (Å²) in [6.45, 7) is 5.54. The van der Waals surface area contributed by atoms with Crippen molar-refractivity contribution >= 4 is 17.4 Å². The van der Waals surface area contributed by atoms with E-state index in [1.54, 1.807) is 19.1 Å². The third kappa shape index (κ3) is 2.05. The molecule has 3 N–H and O–H groups in total. The molecule has 1 aliphatic rings. The van der Waals surface area contributed by atoms with Gasteiger partial charge < -0.3 is 15.3 Å². The van der Waals surface area contributed by atoms with Crippen LogP contribution in [-0.4, -0.2) is 21.1 Å². The van der Waals surface area contributed by atoms with Gasteiger partial charge in [0.2, 0.25) is 0 Å². The quantitative estimate of drug-likeness (QED) is 0.704. The lowest BCUT2D eigenvalue weighted by Crippen LogP contribution is -2.11. The van der Waals surface area contributed by atoms with Crippen molar-refractivity contribution in [2.75, 3.05) is 0 Å². The number of phenolic OH excluding ortho intramolecular Hbond substituents is 3. The summed E-state index contributed by atoms with van der Waals surface area (Å²) in [6, 6.07) is 7.33. The summed E-state index contributed by atoms with van der Waals surface area (Å²) in [5, 5.41) is 29.1. The topological polar surface area (TPSA) is 77.8 Å². The molecule has 0 bridgehead atoms. The third-order valence-corrected chi connectivity index (χ3v) is 3.78. The number of phenols is 3. The van der Waals surface area contributed by atoms with Gasteiger partial charge in [0.15, 0.2) is 5.78 Å². The lowest BCUT2D eigenvalue weighted by Gasteiger charge is -2.20. The van der Waals surface area contributed by atoms with Gasteiger partial charge in [0.05, 0.1) is 0 Å². The molecule has 0 saturated carbocycles. The highest BCUT2D eigenvalue weighted by atomic mass is 16.3. The molecule has 3 rings (SSSR count). The number of ketones is 1. The number of rotatable bonds is 1. The maximum absolute atomic E-state index is 12.5. The van der Waals surface area contributed by atoms with Gasteiger partial charge >= 0.3 is 0 Å². The Balaban J connectivity index is 2.24. The summed E-state index contributed by atoms with van der Waals surface area (Å²) in [7, 11) is 0. The molecule has 0 spiro atoms. The number of fused-ring (bicyclic) bond motifs is 1. The predicted molar refractivity (Wildman–Crippen MR) is 84.0 cm³/mol. The van der Waals surface area contributed by atoms with Crippen molar-refractivity contribution in [2.45, 2.75) is 6.92 Å². The van der Waals surface area contributed by atoms with Gasteiger partial charge in [0.1, 0.15) is 17.2 Å². The van der Waals surface area contributed by atoms with E-state index in [1.807, 2.05) is 0 Å². The van der Waals surface area contributed by atoms with Gasteiger partial charge in [-0.05, 0) is 54.0 Å². The average Bonchev–Trinajstić information content (AvgIpc) is 2.46. The highest BCUT2D eigenvalue weighted by Crippen LogP contribution is 2.39. The lowest BCUT2D eigenvalue weighted by molar-refractivity contribution is 0.103. The highest BCUT2D eigenvalue weighted by Gasteiger charge is 2.25. The number of Topliss-reactive ketones (excluding diaryl/α,β-unsaturated/α-hetero) is 1. The van der Waals surface area contributed by atoms with E-state index < -0.39 is 0 Å². The molecule has 0 aromatic heterocycles. The molecular formula is C18H14O4. The molecule has 22 heavy (non-hydrogen) atoms. The number of aryl methyl sites for hydroxylation is 1. The fraction of sp³-hybridized carbons (Fsp3) is 0.0556. The summed E-state index contributed by atoms with van der Waals surface area (Å²) in [4.78, 5) is 12.5. The van der Waals surface area contributed by atoms with Gasteiger partial charge in [-0.15, -0.1) is 0 Å². The molecule has 4 nitrogen and oxygen atoms in total. The summed E-state index contributed by atoms with van der Waals surface area (Å²) in [5.74, 6) is -0.422. The van der Waals surface area contributed by atoms with Crippen molar-refractivity contribution in [1.29, 1.82) is 0 Å². The van der Waals surface area contributed by atoms with E-state index in [9.17, 15) is 20.1 Å². The van der Waals surface area contributed by atoms with Gasteiger partial charge in [0.25, 0.3) is 0 Å². The van der Waals surface area contributed by atoms with Crippen molar-refractivity contribution in [2.24, 2.45) is 0 Å². The van der Waals surface area contributed by atoms with Crippen LogP contribution < -0.4 is 0 Å². The van der Waals surface area contributed by atoms with E-state index >= 15 is 0 Å². The molecule has 0 saturated heterocycles. The fourth-order valence-corrected chi connectivity index (χ4v) is 2.55.